The summed E-state index contributed by atoms with van der Waals surface area (Å²) < 4.78 is 34.6. The predicted molar refractivity (Wildman–Crippen MR) is 122 cm³/mol. The van der Waals surface area contributed by atoms with Crippen LogP contribution < -0.4 is 10.0 Å². The summed E-state index contributed by atoms with van der Waals surface area (Å²) in [6, 6.07) is 12.7. The second-order valence-electron chi connectivity index (χ2n) is 8.02. The highest BCUT2D eigenvalue weighted by Gasteiger charge is 2.29. The molecule has 3 aromatic rings. The van der Waals surface area contributed by atoms with Gasteiger partial charge in [0.25, 0.3) is 15.9 Å². The first-order chi connectivity index (χ1) is 15.0. The predicted octanol–water partition coefficient (Wildman–Crippen LogP) is 4.10. The van der Waals surface area contributed by atoms with Crippen molar-refractivity contribution in [1.82, 2.24) is 5.32 Å². The minimum Gasteiger partial charge on any atom is -0.376 e. The van der Waals surface area contributed by atoms with E-state index in [1.54, 1.807) is 18.2 Å². The molecule has 0 spiro atoms. The van der Waals surface area contributed by atoms with Crippen LogP contribution in [0, 0.1) is 0 Å². The molecule has 1 saturated heterocycles. The molecule has 1 aliphatic carbocycles. The van der Waals surface area contributed by atoms with Gasteiger partial charge in [0.15, 0.2) is 0 Å². The zero-order chi connectivity index (χ0) is 21.4. The molecule has 1 amide bonds. The summed E-state index contributed by atoms with van der Waals surface area (Å²) in [5.41, 5.74) is 1.45. The number of sulfonamides is 1. The molecule has 162 valence electrons. The molecule has 1 aliphatic heterocycles. The Hall–Kier alpha value is -2.42. The molecule has 2 N–H and O–H groups in total. The second-order valence-corrected chi connectivity index (χ2v) is 10.8. The maximum atomic E-state index is 13.2. The van der Waals surface area contributed by atoms with Crippen molar-refractivity contribution in [2.45, 2.75) is 43.1 Å². The molecule has 0 bridgehead atoms. The number of anilines is 1. The highest BCUT2D eigenvalue weighted by atomic mass is 32.2. The smallest absolute Gasteiger partial charge is 0.262 e. The van der Waals surface area contributed by atoms with E-state index in [0.717, 1.165) is 59.9 Å². The molecule has 5 rings (SSSR count). The van der Waals surface area contributed by atoms with Crippen LogP contribution in [0.3, 0.4) is 0 Å². The minimum atomic E-state index is -3.82. The molecule has 2 aliphatic rings. The van der Waals surface area contributed by atoms with E-state index in [2.05, 4.69) is 10.0 Å². The fraction of sp³-hybridized carbons (Fsp3) is 0.348. The van der Waals surface area contributed by atoms with Crippen molar-refractivity contribution >= 4 is 43.0 Å². The van der Waals surface area contributed by atoms with Crippen LogP contribution in [-0.4, -0.2) is 33.6 Å². The van der Waals surface area contributed by atoms with Gasteiger partial charge in [-0.3, -0.25) is 9.52 Å². The van der Waals surface area contributed by atoms with Crippen LogP contribution in [0.4, 0.5) is 5.00 Å². The van der Waals surface area contributed by atoms with Crippen molar-refractivity contribution in [2.24, 2.45) is 0 Å². The zero-order valence-corrected chi connectivity index (χ0v) is 18.7. The molecule has 1 aromatic heterocycles. The highest BCUT2D eigenvalue weighted by Crippen LogP contribution is 2.40. The van der Waals surface area contributed by atoms with Gasteiger partial charge in [0.05, 0.1) is 16.6 Å². The highest BCUT2D eigenvalue weighted by molar-refractivity contribution is 7.93. The summed E-state index contributed by atoms with van der Waals surface area (Å²) in [6.45, 7) is 1.17. The number of hydrogen-bond acceptors (Lipinski definition) is 5. The Morgan fingerprint density at radius 1 is 1.10 bits per heavy atom. The molecular formula is C23H24N2O4S2. The minimum absolute atomic E-state index is 0.0355. The van der Waals surface area contributed by atoms with E-state index < -0.39 is 10.0 Å². The molecule has 1 fully saturated rings. The quantitative estimate of drug-likeness (QED) is 0.585. The van der Waals surface area contributed by atoms with Crippen LogP contribution in [0.25, 0.3) is 10.8 Å². The Morgan fingerprint density at radius 3 is 2.74 bits per heavy atom. The summed E-state index contributed by atoms with van der Waals surface area (Å²) in [7, 11) is -3.82. The fourth-order valence-corrected chi connectivity index (χ4v) is 6.96. The van der Waals surface area contributed by atoms with Crippen LogP contribution >= 0.6 is 11.3 Å². The maximum absolute atomic E-state index is 13.2. The number of rotatable bonds is 6. The van der Waals surface area contributed by atoms with Gasteiger partial charge >= 0.3 is 0 Å². The molecule has 8 heteroatoms. The lowest BCUT2D eigenvalue weighted by molar-refractivity contribution is 0.0858. The van der Waals surface area contributed by atoms with Crippen LogP contribution in [0.5, 0.6) is 0 Å². The average Bonchev–Trinajstić information content (AvgIpc) is 3.49. The lowest BCUT2D eigenvalue weighted by Gasteiger charge is -2.13. The normalized spacial score (nSPS) is 18.3. The molecule has 2 heterocycles. The number of carbonyl (C=O) groups excluding carboxylic acids is 1. The van der Waals surface area contributed by atoms with Crippen molar-refractivity contribution in [3.05, 3.63) is 58.5 Å². The number of aryl methyl sites for hydroxylation is 1. The van der Waals surface area contributed by atoms with Crippen molar-refractivity contribution in [3.8, 4) is 0 Å². The second kappa shape index (κ2) is 8.26. The Morgan fingerprint density at radius 2 is 1.94 bits per heavy atom. The number of benzene rings is 2. The third kappa shape index (κ3) is 4.07. The SMILES string of the molecule is O=C(NCC1CCCO1)c1c(NS(=O)(=O)c2ccc3ccccc3c2)sc2c1CCC2. The van der Waals surface area contributed by atoms with Gasteiger partial charge in [-0.25, -0.2) is 8.42 Å². The van der Waals surface area contributed by atoms with E-state index >= 15 is 0 Å². The maximum Gasteiger partial charge on any atom is 0.262 e. The standard InChI is InChI=1S/C23H24N2O4S2/c26-22(24-14-17-7-4-12-29-17)21-19-8-3-9-20(19)30-23(21)25-31(27,28)18-11-10-15-5-1-2-6-16(15)13-18/h1-2,5-6,10-11,13,17,25H,3-4,7-9,12,14H2,(H,24,26). The Labute approximate surface area is 185 Å². The van der Waals surface area contributed by atoms with Crippen LogP contribution in [0.2, 0.25) is 0 Å². The van der Waals surface area contributed by atoms with Crippen LogP contribution in [-0.2, 0) is 27.6 Å². The van der Waals surface area contributed by atoms with E-state index in [9.17, 15) is 13.2 Å². The van der Waals surface area contributed by atoms with Crippen molar-refractivity contribution in [1.29, 1.82) is 0 Å². The van der Waals surface area contributed by atoms with Gasteiger partial charge in [-0.15, -0.1) is 11.3 Å². The van der Waals surface area contributed by atoms with Crippen molar-refractivity contribution in [2.75, 3.05) is 17.9 Å². The molecule has 2 aromatic carbocycles. The number of hydrogen-bond donors (Lipinski definition) is 2. The third-order valence-electron chi connectivity index (χ3n) is 5.92. The lowest BCUT2D eigenvalue weighted by Crippen LogP contribution is -2.32. The number of nitrogens with one attached hydrogen (secondary N) is 2. The van der Waals surface area contributed by atoms with E-state index in [1.165, 1.54) is 11.3 Å². The molecule has 1 atom stereocenters. The van der Waals surface area contributed by atoms with Gasteiger partial charge in [-0.05, 0) is 60.6 Å². The first-order valence-corrected chi connectivity index (χ1v) is 12.9. The number of thiophene rings is 1. The van der Waals surface area contributed by atoms with Gasteiger partial charge < -0.3 is 10.1 Å². The Balaban J connectivity index is 1.43. The molecule has 0 saturated carbocycles. The average molecular weight is 457 g/mol. The first-order valence-electron chi connectivity index (χ1n) is 10.6. The first kappa shape index (κ1) is 20.5. The van der Waals surface area contributed by atoms with E-state index in [4.69, 9.17) is 4.74 Å². The number of ether oxygens (including phenoxy) is 1. The summed E-state index contributed by atoms with van der Waals surface area (Å²) in [4.78, 5) is 14.3. The number of carbonyl (C=O) groups is 1. The molecule has 0 radical (unpaired) electrons. The topological polar surface area (TPSA) is 84.5 Å². The fourth-order valence-electron chi connectivity index (χ4n) is 4.33. The van der Waals surface area contributed by atoms with E-state index in [0.29, 0.717) is 17.1 Å². The van der Waals surface area contributed by atoms with Crippen molar-refractivity contribution in [3.63, 3.8) is 0 Å². The number of amides is 1. The van der Waals surface area contributed by atoms with Gasteiger partial charge in [0.1, 0.15) is 5.00 Å². The summed E-state index contributed by atoms with van der Waals surface area (Å²) in [5.74, 6) is -0.230. The molecule has 6 nitrogen and oxygen atoms in total. The largest absolute Gasteiger partial charge is 0.376 e. The number of fused-ring (bicyclic) bond motifs is 2. The van der Waals surface area contributed by atoms with Crippen molar-refractivity contribution < 1.29 is 17.9 Å². The molecule has 31 heavy (non-hydrogen) atoms. The third-order valence-corrected chi connectivity index (χ3v) is 8.60. The van der Waals surface area contributed by atoms with E-state index in [1.807, 2.05) is 24.3 Å². The van der Waals surface area contributed by atoms with Gasteiger partial charge in [0.2, 0.25) is 0 Å². The Kier molecular flexibility index (Phi) is 5.45. The van der Waals surface area contributed by atoms with Crippen LogP contribution in [0.1, 0.15) is 40.1 Å². The summed E-state index contributed by atoms with van der Waals surface area (Å²) in [6.07, 6.45) is 4.64. The van der Waals surface area contributed by atoms with E-state index in [-0.39, 0.29) is 16.9 Å². The monoisotopic (exact) mass is 456 g/mol. The van der Waals surface area contributed by atoms with Gasteiger partial charge in [0, 0.05) is 18.0 Å². The Bertz CT molecular complexity index is 1240. The van der Waals surface area contributed by atoms with Gasteiger partial charge in [-0.2, -0.15) is 0 Å². The van der Waals surface area contributed by atoms with Gasteiger partial charge in [-0.1, -0.05) is 30.3 Å². The van der Waals surface area contributed by atoms with Crippen LogP contribution in [0.15, 0.2) is 47.4 Å². The molecule has 1 unspecified atom stereocenters. The summed E-state index contributed by atoms with van der Waals surface area (Å²) >= 11 is 1.38. The molecular weight excluding hydrogens is 432 g/mol. The lowest BCUT2D eigenvalue weighted by atomic mass is 10.1. The zero-order valence-electron chi connectivity index (χ0n) is 17.0. The summed E-state index contributed by atoms with van der Waals surface area (Å²) in [5, 5.41) is 5.19.